The molecule has 43 heavy (non-hydrogen) atoms. The molecule has 0 spiro atoms. The van der Waals surface area contributed by atoms with Crippen LogP contribution in [0.3, 0.4) is 0 Å². The SMILES string of the molecule is C=c1ccc(=C(/C=C/C=C(\c2ccc(NCC)cc2)c2ccc(N(CC)CC)cc2)c2ccc(N(CC)CC)cc2)cc1. The predicted molar refractivity (Wildman–Crippen MR) is 191 cm³/mol. The molecule has 0 saturated carbocycles. The van der Waals surface area contributed by atoms with Crippen molar-refractivity contribution in [3.63, 3.8) is 0 Å². The van der Waals surface area contributed by atoms with Gasteiger partial charge in [0.25, 0.3) is 0 Å². The van der Waals surface area contributed by atoms with Crippen molar-refractivity contribution in [2.75, 3.05) is 47.8 Å². The third kappa shape index (κ3) is 8.08. The lowest BCUT2D eigenvalue weighted by molar-refractivity contribution is 0.866. The molecule has 0 bridgehead atoms. The van der Waals surface area contributed by atoms with Crippen molar-refractivity contribution in [3.05, 3.63) is 142 Å². The molecule has 0 atom stereocenters. The average Bonchev–Trinajstić information content (AvgIpc) is 3.05. The van der Waals surface area contributed by atoms with Gasteiger partial charge >= 0.3 is 0 Å². The number of rotatable bonds is 13. The first-order chi connectivity index (χ1) is 21.0. The molecule has 1 N–H and O–H groups in total. The summed E-state index contributed by atoms with van der Waals surface area (Å²) in [4.78, 5) is 4.75. The van der Waals surface area contributed by atoms with Crippen LogP contribution in [0.4, 0.5) is 17.1 Å². The molecular weight excluding hydrogens is 522 g/mol. The summed E-state index contributed by atoms with van der Waals surface area (Å²) in [7, 11) is 0. The fourth-order valence-electron chi connectivity index (χ4n) is 5.50. The Balaban J connectivity index is 1.78. The third-order valence-electron chi connectivity index (χ3n) is 7.98. The van der Waals surface area contributed by atoms with E-state index in [2.05, 4.69) is 172 Å². The minimum Gasteiger partial charge on any atom is -0.385 e. The molecular formula is C40H47N3. The summed E-state index contributed by atoms with van der Waals surface area (Å²) in [6.07, 6.45) is 6.67. The van der Waals surface area contributed by atoms with Crippen LogP contribution in [0, 0.1) is 0 Å². The summed E-state index contributed by atoms with van der Waals surface area (Å²) in [5.41, 5.74) is 9.59. The number of hydrogen-bond acceptors (Lipinski definition) is 3. The van der Waals surface area contributed by atoms with Gasteiger partial charge in [-0.05, 0) is 109 Å². The van der Waals surface area contributed by atoms with E-state index in [4.69, 9.17) is 0 Å². The van der Waals surface area contributed by atoms with Gasteiger partial charge in [-0.2, -0.15) is 0 Å². The van der Waals surface area contributed by atoms with E-state index in [0.717, 1.165) is 43.6 Å². The lowest BCUT2D eigenvalue weighted by atomic mass is 9.96. The third-order valence-corrected chi connectivity index (χ3v) is 7.98. The zero-order valence-electron chi connectivity index (χ0n) is 26.6. The summed E-state index contributed by atoms with van der Waals surface area (Å²) in [6, 6.07) is 35.1. The van der Waals surface area contributed by atoms with Gasteiger partial charge in [-0.3, -0.25) is 0 Å². The Kier molecular flexibility index (Phi) is 11.4. The van der Waals surface area contributed by atoms with E-state index in [9.17, 15) is 0 Å². The molecule has 222 valence electrons. The van der Waals surface area contributed by atoms with Crippen LogP contribution < -0.4 is 25.6 Å². The van der Waals surface area contributed by atoms with Crippen LogP contribution in [-0.4, -0.2) is 32.7 Å². The molecule has 0 aliphatic heterocycles. The molecule has 0 aliphatic rings. The predicted octanol–water partition coefficient (Wildman–Crippen LogP) is 8.11. The fraction of sp³-hybridized carbons (Fsp3) is 0.250. The molecule has 0 fully saturated rings. The van der Waals surface area contributed by atoms with Crippen molar-refractivity contribution in [2.24, 2.45) is 0 Å². The van der Waals surface area contributed by atoms with Crippen LogP contribution in [0.25, 0.3) is 17.7 Å². The number of allylic oxidation sites excluding steroid dienone is 3. The lowest BCUT2D eigenvalue weighted by Crippen LogP contribution is -2.21. The van der Waals surface area contributed by atoms with Gasteiger partial charge in [0.05, 0.1) is 0 Å². The molecule has 4 aromatic rings. The van der Waals surface area contributed by atoms with Gasteiger partial charge in [-0.1, -0.05) is 85.5 Å². The lowest BCUT2D eigenvalue weighted by Gasteiger charge is -2.21. The van der Waals surface area contributed by atoms with Crippen LogP contribution >= 0.6 is 0 Å². The van der Waals surface area contributed by atoms with Gasteiger partial charge in [-0.25, -0.2) is 0 Å². The van der Waals surface area contributed by atoms with E-state index in [1.807, 2.05) is 0 Å². The molecule has 3 nitrogen and oxygen atoms in total. The molecule has 0 saturated heterocycles. The smallest absolute Gasteiger partial charge is 0.0366 e. The number of nitrogens with one attached hydrogen (secondary N) is 1. The van der Waals surface area contributed by atoms with E-state index in [0.29, 0.717) is 0 Å². The second-order valence-electron chi connectivity index (χ2n) is 10.6. The number of benzene rings is 4. The maximum Gasteiger partial charge on any atom is 0.0366 e. The van der Waals surface area contributed by atoms with E-state index in [1.54, 1.807) is 0 Å². The first-order valence-corrected chi connectivity index (χ1v) is 15.7. The zero-order valence-corrected chi connectivity index (χ0v) is 26.6. The van der Waals surface area contributed by atoms with Gasteiger partial charge in [-0.15, -0.1) is 0 Å². The Labute approximate surface area is 259 Å². The van der Waals surface area contributed by atoms with Gasteiger partial charge in [0.15, 0.2) is 0 Å². The normalized spacial score (nSPS) is 11.5. The van der Waals surface area contributed by atoms with Crippen LogP contribution in [-0.2, 0) is 0 Å². The Bertz CT molecular complexity index is 1580. The van der Waals surface area contributed by atoms with Crippen molar-refractivity contribution >= 4 is 34.8 Å². The number of anilines is 3. The van der Waals surface area contributed by atoms with E-state index < -0.39 is 0 Å². The zero-order chi connectivity index (χ0) is 30.6. The highest BCUT2D eigenvalue weighted by molar-refractivity contribution is 5.83. The van der Waals surface area contributed by atoms with Crippen molar-refractivity contribution in [2.45, 2.75) is 34.6 Å². The largest absolute Gasteiger partial charge is 0.385 e. The van der Waals surface area contributed by atoms with Crippen LogP contribution in [0.2, 0.25) is 0 Å². The minimum atomic E-state index is 0.904. The second kappa shape index (κ2) is 15.7. The number of nitrogens with zero attached hydrogens (tertiary/aromatic N) is 2. The average molecular weight is 570 g/mol. The Morgan fingerprint density at radius 1 is 0.605 bits per heavy atom. The summed E-state index contributed by atoms with van der Waals surface area (Å²) >= 11 is 0. The first-order valence-electron chi connectivity index (χ1n) is 15.7. The minimum absolute atomic E-state index is 0.904. The summed E-state index contributed by atoms with van der Waals surface area (Å²) in [6.45, 7) is 19.9. The van der Waals surface area contributed by atoms with Crippen molar-refractivity contribution in [1.82, 2.24) is 0 Å². The van der Waals surface area contributed by atoms with Crippen LogP contribution in [0.15, 0.2) is 115 Å². The van der Waals surface area contributed by atoms with Gasteiger partial charge in [0, 0.05) is 49.8 Å². The van der Waals surface area contributed by atoms with Gasteiger partial charge < -0.3 is 15.1 Å². The maximum absolute atomic E-state index is 4.09. The van der Waals surface area contributed by atoms with Crippen molar-refractivity contribution < 1.29 is 0 Å². The Morgan fingerprint density at radius 2 is 1.07 bits per heavy atom. The van der Waals surface area contributed by atoms with Crippen molar-refractivity contribution in [3.8, 4) is 0 Å². The van der Waals surface area contributed by atoms with Gasteiger partial charge in [0.2, 0.25) is 0 Å². The highest BCUT2D eigenvalue weighted by atomic mass is 15.1. The van der Waals surface area contributed by atoms with Crippen LogP contribution in [0.5, 0.6) is 0 Å². The molecule has 0 aromatic heterocycles. The number of hydrogen-bond donors (Lipinski definition) is 1. The molecule has 0 aliphatic carbocycles. The molecule has 0 unspecified atom stereocenters. The summed E-state index contributed by atoms with van der Waals surface area (Å²) in [5.74, 6) is 0. The monoisotopic (exact) mass is 569 g/mol. The molecule has 0 amide bonds. The summed E-state index contributed by atoms with van der Waals surface area (Å²) < 4.78 is 0. The fourth-order valence-corrected chi connectivity index (χ4v) is 5.50. The molecule has 3 heteroatoms. The second-order valence-corrected chi connectivity index (χ2v) is 10.6. The molecule has 4 aromatic carbocycles. The highest BCUT2D eigenvalue weighted by Gasteiger charge is 2.08. The van der Waals surface area contributed by atoms with Crippen molar-refractivity contribution in [1.29, 1.82) is 0 Å². The summed E-state index contributed by atoms with van der Waals surface area (Å²) in [5, 5.41) is 5.60. The Morgan fingerprint density at radius 3 is 1.53 bits per heavy atom. The van der Waals surface area contributed by atoms with E-state index >= 15 is 0 Å². The highest BCUT2D eigenvalue weighted by Crippen LogP contribution is 2.28. The van der Waals surface area contributed by atoms with Gasteiger partial charge in [0.1, 0.15) is 0 Å². The van der Waals surface area contributed by atoms with E-state index in [1.165, 1.54) is 44.4 Å². The molecule has 4 rings (SSSR count). The maximum atomic E-state index is 4.09. The molecule has 0 heterocycles. The quantitative estimate of drug-likeness (QED) is 0.164. The first kappa shape index (κ1) is 31.4. The van der Waals surface area contributed by atoms with Crippen LogP contribution in [0.1, 0.15) is 51.3 Å². The topological polar surface area (TPSA) is 18.5 Å². The Hall–Kier alpha value is -4.50. The standard InChI is InChI=1S/C40H47N3/c1-7-41-36-25-19-33(20-26-36)40(35-23-29-38(30-24-35)43(10-4)11-5)14-12-13-39(32-17-15-31(6)16-18-32)34-21-27-37(28-22-34)42(8-2)9-3/h12-30,41H,6-11H2,1-5H3/b13-12+,40-14+. The molecule has 0 radical (unpaired) electrons. The van der Waals surface area contributed by atoms with E-state index in [-0.39, 0.29) is 0 Å².